The largest absolute Gasteiger partial charge is 0.346 e. The molecule has 1 N–H and O–H groups in total. The van der Waals surface area contributed by atoms with Gasteiger partial charge in [0, 0.05) is 13.2 Å². The molecule has 0 amide bonds. The molecule has 0 aromatic carbocycles. The van der Waals surface area contributed by atoms with Gasteiger partial charge in [-0.3, -0.25) is 4.68 Å². The van der Waals surface area contributed by atoms with Crippen LogP contribution in [0.5, 0.6) is 0 Å². The molecule has 3 aromatic rings. The van der Waals surface area contributed by atoms with E-state index in [1.807, 2.05) is 32.3 Å². The van der Waals surface area contributed by atoms with Crippen molar-refractivity contribution in [3.8, 4) is 0 Å². The van der Waals surface area contributed by atoms with Gasteiger partial charge in [-0.25, -0.2) is 9.50 Å². The van der Waals surface area contributed by atoms with Crippen molar-refractivity contribution in [3.63, 3.8) is 0 Å². The summed E-state index contributed by atoms with van der Waals surface area (Å²) in [5.41, 5.74) is 1.99. The van der Waals surface area contributed by atoms with Gasteiger partial charge < -0.3 is 5.32 Å². The Bertz CT molecular complexity index is 682. The number of hydrogen-bond donors (Lipinski definition) is 1. The Morgan fingerprint density at radius 2 is 2.22 bits per heavy atom. The summed E-state index contributed by atoms with van der Waals surface area (Å²) in [6, 6.07) is 3.98. The average molecular weight is 243 g/mol. The van der Waals surface area contributed by atoms with Crippen LogP contribution < -0.4 is 5.32 Å². The fourth-order valence-corrected chi connectivity index (χ4v) is 1.68. The predicted octanol–water partition coefficient (Wildman–Crippen LogP) is 0.778. The fourth-order valence-electron chi connectivity index (χ4n) is 1.68. The zero-order valence-electron chi connectivity index (χ0n) is 10.2. The van der Waals surface area contributed by atoms with Gasteiger partial charge in [-0.05, 0) is 24.6 Å². The van der Waals surface area contributed by atoms with Crippen LogP contribution in [0.2, 0.25) is 0 Å². The van der Waals surface area contributed by atoms with Gasteiger partial charge >= 0.3 is 0 Å². The Hall–Kier alpha value is -2.44. The predicted molar refractivity (Wildman–Crippen MR) is 66.1 cm³/mol. The minimum Gasteiger partial charge on any atom is -0.346 e. The number of fused-ring (bicyclic) bond motifs is 1. The first-order valence-corrected chi connectivity index (χ1v) is 5.62. The monoisotopic (exact) mass is 243 g/mol. The molecule has 92 valence electrons. The second-order valence-electron chi connectivity index (χ2n) is 4.13. The molecule has 0 radical (unpaired) electrons. The normalized spacial score (nSPS) is 11.0. The lowest BCUT2D eigenvalue weighted by molar-refractivity contribution is 0.746. The van der Waals surface area contributed by atoms with Gasteiger partial charge in [0.05, 0.1) is 6.54 Å². The summed E-state index contributed by atoms with van der Waals surface area (Å²) in [5, 5.41) is 11.6. The summed E-state index contributed by atoms with van der Waals surface area (Å²) in [6.07, 6.45) is 3.55. The summed E-state index contributed by atoms with van der Waals surface area (Å²) in [5.74, 6) is 1.29. The molecule has 0 bridgehead atoms. The van der Waals surface area contributed by atoms with Crippen molar-refractivity contribution in [1.82, 2.24) is 29.4 Å². The fraction of sp³-hybridized carbons (Fsp3) is 0.273. The van der Waals surface area contributed by atoms with Gasteiger partial charge in [0.1, 0.15) is 6.33 Å². The second-order valence-corrected chi connectivity index (χ2v) is 4.13. The number of rotatable bonds is 3. The molecule has 0 fully saturated rings. The SMILES string of the molecule is Cc1ccn2nc(NCc3ncn(C)n3)nc2c1. The van der Waals surface area contributed by atoms with Gasteiger partial charge in [-0.2, -0.15) is 10.1 Å². The highest BCUT2D eigenvalue weighted by atomic mass is 15.4. The Kier molecular flexibility index (Phi) is 2.44. The lowest BCUT2D eigenvalue weighted by atomic mass is 10.3. The minimum absolute atomic E-state index is 0.511. The van der Waals surface area contributed by atoms with Crippen molar-refractivity contribution in [1.29, 1.82) is 0 Å². The first-order valence-electron chi connectivity index (χ1n) is 5.62. The molecular formula is C11H13N7. The first-order chi connectivity index (χ1) is 8.70. The highest BCUT2D eigenvalue weighted by Gasteiger charge is 2.04. The third kappa shape index (κ3) is 2.02. The number of nitrogens with one attached hydrogen (secondary N) is 1. The van der Waals surface area contributed by atoms with E-state index in [4.69, 9.17) is 0 Å². The number of pyridine rings is 1. The average Bonchev–Trinajstić information content (AvgIpc) is 2.92. The Labute approximate surface area is 103 Å². The lowest BCUT2D eigenvalue weighted by Crippen LogP contribution is -2.03. The van der Waals surface area contributed by atoms with E-state index in [1.165, 1.54) is 0 Å². The molecule has 0 atom stereocenters. The van der Waals surface area contributed by atoms with Crippen molar-refractivity contribution in [3.05, 3.63) is 36.0 Å². The summed E-state index contributed by atoms with van der Waals surface area (Å²) in [4.78, 5) is 8.50. The van der Waals surface area contributed by atoms with Gasteiger partial charge in [-0.15, -0.1) is 5.10 Å². The molecule has 7 nitrogen and oxygen atoms in total. The van der Waals surface area contributed by atoms with Crippen LogP contribution in [0.25, 0.3) is 5.65 Å². The second kappa shape index (κ2) is 4.10. The van der Waals surface area contributed by atoms with Crippen LogP contribution in [0.3, 0.4) is 0 Å². The molecule has 3 rings (SSSR count). The van der Waals surface area contributed by atoms with Crippen LogP contribution in [0.1, 0.15) is 11.4 Å². The number of nitrogens with zero attached hydrogens (tertiary/aromatic N) is 6. The van der Waals surface area contributed by atoms with E-state index in [1.54, 1.807) is 15.5 Å². The maximum absolute atomic E-state index is 4.37. The zero-order chi connectivity index (χ0) is 12.5. The molecule has 3 heterocycles. The molecule has 7 heteroatoms. The van der Waals surface area contributed by atoms with E-state index in [9.17, 15) is 0 Å². The van der Waals surface area contributed by atoms with Crippen molar-refractivity contribution in [2.45, 2.75) is 13.5 Å². The summed E-state index contributed by atoms with van der Waals surface area (Å²) >= 11 is 0. The number of aromatic nitrogens is 6. The number of hydrogen-bond acceptors (Lipinski definition) is 5. The lowest BCUT2D eigenvalue weighted by Gasteiger charge is -1.95. The summed E-state index contributed by atoms with van der Waals surface area (Å²) in [7, 11) is 1.84. The molecule has 0 aliphatic heterocycles. The standard InChI is InChI=1S/C11H13N7/c1-8-3-4-18-10(5-8)14-11(16-18)12-6-9-13-7-17(2)15-9/h3-5,7H,6H2,1-2H3,(H,12,16). The Morgan fingerprint density at radius 1 is 1.33 bits per heavy atom. The van der Waals surface area contributed by atoms with Crippen molar-refractivity contribution >= 4 is 11.6 Å². The van der Waals surface area contributed by atoms with E-state index >= 15 is 0 Å². The molecule has 0 saturated heterocycles. The highest BCUT2D eigenvalue weighted by molar-refractivity contribution is 5.45. The minimum atomic E-state index is 0.511. The third-order valence-electron chi connectivity index (χ3n) is 2.54. The van der Waals surface area contributed by atoms with Crippen molar-refractivity contribution in [2.24, 2.45) is 7.05 Å². The Balaban J connectivity index is 1.78. The van der Waals surface area contributed by atoms with Crippen LogP contribution in [0, 0.1) is 6.92 Å². The van der Waals surface area contributed by atoms with E-state index in [-0.39, 0.29) is 0 Å². The summed E-state index contributed by atoms with van der Waals surface area (Å²) in [6.45, 7) is 2.54. The van der Waals surface area contributed by atoms with Gasteiger partial charge in [0.25, 0.3) is 0 Å². The maximum Gasteiger partial charge on any atom is 0.243 e. The van der Waals surface area contributed by atoms with E-state index in [2.05, 4.69) is 25.5 Å². The van der Waals surface area contributed by atoms with E-state index in [0.717, 1.165) is 11.2 Å². The van der Waals surface area contributed by atoms with Crippen molar-refractivity contribution in [2.75, 3.05) is 5.32 Å². The molecule has 3 aromatic heterocycles. The number of aryl methyl sites for hydroxylation is 2. The molecule has 18 heavy (non-hydrogen) atoms. The summed E-state index contributed by atoms with van der Waals surface area (Å²) < 4.78 is 3.40. The molecule has 0 aliphatic rings. The van der Waals surface area contributed by atoms with Crippen LogP contribution >= 0.6 is 0 Å². The van der Waals surface area contributed by atoms with Crippen LogP contribution in [0.15, 0.2) is 24.7 Å². The van der Waals surface area contributed by atoms with Crippen LogP contribution in [-0.2, 0) is 13.6 Å². The molecule has 0 unspecified atom stereocenters. The van der Waals surface area contributed by atoms with Crippen molar-refractivity contribution < 1.29 is 0 Å². The topological polar surface area (TPSA) is 72.9 Å². The van der Waals surface area contributed by atoms with Crippen LogP contribution in [0.4, 0.5) is 5.95 Å². The van der Waals surface area contributed by atoms with E-state index < -0.39 is 0 Å². The van der Waals surface area contributed by atoms with Crippen LogP contribution in [-0.4, -0.2) is 29.4 Å². The van der Waals surface area contributed by atoms with Gasteiger partial charge in [0.15, 0.2) is 11.5 Å². The van der Waals surface area contributed by atoms with E-state index in [0.29, 0.717) is 18.3 Å². The first kappa shape index (κ1) is 10.7. The van der Waals surface area contributed by atoms with Gasteiger partial charge in [0.2, 0.25) is 5.95 Å². The quantitative estimate of drug-likeness (QED) is 0.736. The molecular weight excluding hydrogens is 230 g/mol. The highest BCUT2D eigenvalue weighted by Crippen LogP contribution is 2.07. The molecule has 0 saturated carbocycles. The maximum atomic E-state index is 4.37. The number of anilines is 1. The van der Waals surface area contributed by atoms with Gasteiger partial charge in [-0.1, -0.05) is 0 Å². The Morgan fingerprint density at radius 3 is 3.00 bits per heavy atom. The smallest absolute Gasteiger partial charge is 0.243 e. The zero-order valence-corrected chi connectivity index (χ0v) is 10.2. The molecule has 0 spiro atoms. The third-order valence-corrected chi connectivity index (χ3v) is 2.54. The molecule has 0 aliphatic carbocycles.